The van der Waals surface area contributed by atoms with Crippen molar-refractivity contribution < 1.29 is 9.13 Å². The molecule has 0 heterocycles. The van der Waals surface area contributed by atoms with E-state index in [-0.39, 0.29) is 11.9 Å². The SMILES string of the molecule is CNC(C)CC(C)Oc1ccccc1F. The number of rotatable bonds is 5. The molecule has 0 aliphatic heterocycles. The fourth-order valence-electron chi connectivity index (χ4n) is 1.42. The predicted molar refractivity (Wildman–Crippen MR) is 59.6 cm³/mol. The van der Waals surface area contributed by atoms with Crippen LogP contribution in [0, 0.1) is 5.82 Å². The van der Waals surface area contributed by atoms with Crippen molar-refractivity contribution in [1.29, 1.82) is 0 Å². The van der Waals surface area contributed by atoms with E-state index in [1.54, 1.807) is 18.2 Å². The van der Waals surface area contributed by atoms with Crippen molar-refractivity contribution in [2.24, 2.45) is 0 Å². The molecule has 0 aliphatic rings. The van der Waals surface area contributed by atoms with Crippen molar-refractivity contribution in [3.8, 4) is 5.75 Å². The maximum atomic E-state index is 13.2. The van der Waals surface area contributed by atoms with E-state index in [4.69, 9.17) is 4.74 Å². The molecular formula is C12H18FNO. The van der Waals surface area contributed by atoms with Crippen LogP contribution < -0.4 is 10.1 Å². The van der Waals surface area contributed by atoms with Crippen molar-refractivity contribution >= 4 is 0 Å². The van der Waals surface area contributed by atoms with Crippen LogP contribution in [0.15, 0.2) is 24.3 Å². The number of halogens is 1. The number of benzene rings is 1. The summed E-state index contributed by atoms with van der Waals surface area (Å²) in [5.41, 5.74) is 0. The van der Waals surface area contributed by atoms with Crippen LogP contribution in [-0.4, -0.2) is 19.2 Å². The minimum atomic E-state index is -0.304. The fourth-order valence-corrected chi connectivity index (χ4v) is 1.42. The van der Waals surface area contributed by atoms with E-state index in [0.29, 0.717) is 11.8 Å². The molecule has 0 aliphatic carbocycles. The lowest BCUT2D eigenvalue weighted by Crippen LogP contribution is -2.28. The van der Waals surface area contributed by atoms with Crippen LogP contribution in [0.1, 0.15) is 20.3 Å². The molecule has 0 radical (unpaired) electrons. The van der Waals surface area contributed by atoms with E-state index in [2.05, 4.69) is 12.2 Å². The van der Waals surface area contributed by atoms with E-state index in [1.807, 2.05) is 14.0 Å². The number of nitrogens with one attached hydrogen (secondary N) is 1. The Hall–Kier alpha value is -1.09. The van der Waals surface area contributed by atoms with Gasteiger partial charge in [0.25, 0.3) is 0 Å². The van der Waals surface area contributed by atoms with Crippen LogP contribution in [0.2, 0.25) is 0 Å². The van der Waals surface area contributed by atoms with Gasteiger partial charge < -0.3 is 10.1 Å². The van der Waals surface area contributed by atoms with Gasteiger partial charge in [0.15, 0.2) is 11.6 Å². The Bertz CT molecular complexity index is 303. The summed E-state index contributed by atoms with van der Waals surface area (Å²) in [7, 11) is 1.90. The molecule has 1 aromatic carbocycles. The number of hydrogen-bond acceptors (Lipinski definition) is 2. The zero-order valence-corrected chi connectivity index (χ0v) is 9.46. The highest BCUT2D eigenvalue weighted by Crippen LogP contribution is 2.18. The normalized spacial score (nSPS) is 14.7. The Kier molecular flexibility index (Phi) is 4.56. The van der Waals surface area contributed by atoms with E-state index < -0.39 is 0 Å². The molecule has 1 aromatic rings. The van der Waals surface area contributed by atoms with E-state index in [9.17, 15) is 4.39 Å². The summed E-state index contributed by atoms with van der Waals surface area (Å²) in [6.45, 7) is 4.02. The molecule has 15 heavy (non-hydrogen) atoms. The smallest absolute Gasteiger partial charge is 0.165 e. The lowest BCUT2D eigenvalue weighted by atomic mass is 10.1. The van der Waals surface area contributed by atoms with Crippen LogP contribution >= 0.6 is 0 Å². The van der Waals surface area contributed by atoms with Crippen molar-refractivity contribution in [2.45, 2.75) is 32.4 Å². The highest BCUT2D eigenvalue weighted by Gasteiger charge is 2.10. The third kappa shape index (κ3) is 3.88. The van der Waals surface area contributed by atoms with Crippen LogP contribution in [0.4, 0.5) is 4.39 Å². The Balaban J connectivity index is 2.51. The first-order valence-corrected chi connectivity index (χ1v) is 5.22. The summed E-state index contributed by atoms with van der Waals surface area (Å²) in [5, 5.41) is 3.12. The molecule has 1 N–H and O–H groups in total. The van der Waals surface area contributed by atoms with Gasteiger partial charge in [-0.2, -0.15) is 0 Å². The zero-order valence-electron chi connectivity index (χ0n) is 9.46. The van der Waals surface area contributed by atoms with Crippen molar-refractivity contribution in [3.63, 3.8) is 0 Å². The predicted octanol–water partition coefficient (Wildman–Crippen LogP) is 2.59. The van der Waals surface area contributed by atoms with Gasteiger partial charge in [0.05, 0.1) is 6.10 Å². The monoisotopic (exact) mass is 211 g/mol. The molecule has 0 amide bonds. The lowest BCUT2D eigenvalue weighted by Gasteiger charge is -2.18. The van der Waals surface area contributed by atoms with E-state index >= 15 is 0 Å². The first-order valence-electron chi connectivity index (χ1n) is 5.22. The van der Waals surface area contributed by atoms with Crippen LogP contribution in [0.5, 0.6) is 5.75 Å². The molecule has 0 spiro atoms. The van der Waals surface area contributed by atoms with Crippen molar-refractivity contribution in [2.75, 3.05) is 7.05 Å². The second-order valence-corrected chi connectivity index (χ2v) is 3.78. The van der Waals surface area contributed by atoms with Crippen molar-refractivity contribution in [3.05, 3.63) is 30.1 Å². The standard InChI is InChI=1S/C12H18FNO/c1-9(14-3)8-10(2)15-12-7-5-4-6-11(12)13/h4-7,9-10,14H,8H2,1-3H3. The molecule has 2 nitrogen and oxygen atoms in total. The molecular weight excluding hydrogens is 193 g/mol. The Labute approximate surface area is 90.4 Å². The minimum absolute atomic E-state index is 0.00403. The molecule has 1 rings (SSSR count). The van der Waals surface area contributed by atoms with Gasteiger partial charge in [-0.25, -0.2) is 4.39 Å². The largest absolute Gasteiger partial charge is 0.488 e. The van der Waals surface area contributed by atoms with Gasteiger partial charge in [-0.3, -0.25) is 0 Å². The summed E-state index contributed by atoms with van der Waals surface area (Å²) in [6, 6.07) is 6.85. The number of hydrogen-bond donors (Lipinski definition) is 1. The number of para-hydroxylation sites is 1. The average molecular weight is 211 g/mol. The summed E-state index contributed by atoms with van der Waals surface area (Å²) >= 11 is 0. The van der Waals surface area contributed by atoms with Gasteiger partial charge in [-0.05, 0) is 39.4 Å². The highest BCUT2D eigenvalue weighted by atomic mass is 19.1. The zero-order chi connectivity index (χ0) is 11.3. The Morgan fingerprint density at radius 3 is 2.60 bits per heavy atom. The topological polar surface area (TPSA) is 21.3 Å². The molecule has 3 heteroatoms. The van der Waals surface area contributed by atoms with E-state index in [0.717, 1.165) is 6.42 Å². The fraction of sp³-hybridized carbons (Fsp3) is 0.500. The highest BCUT2D eigenvalue weighted by molar-refractivity contribution is 5.23. The molecule has 84 valence electrons. The third-order valence-corrected chi connectivity index (χ3v) is 2.34. The van der Waals surface area contributed by atoms with Gasteiger partial charge in [0.1, 0.15) is 0 Å². The van der Waals surface area contributed by atoms with Gasteiger partial charge >= 0.3 is 0 Å². The quantitative estimate of drug-likeness (QED) is 0.808. The van der Waals surface area contributed by atoms with Gasteiger partial charge in [0.2, 0.25) is 0 Å². The second kappa shape index (κ2) is 5.71. The second-order valence-electron chi connectivity index (χ2n) is 3.78. The molecule has 0 fully saturated rings. The average Bonchev–Trinajstić information content (AvgIpc) is 2.21. The molecule has 0 saturated heterocycles. The lowest BCUT2D eigenvalue weighted by molar-refractivity contribution is 0.189. The summed E-state index contributed by atoms with van der Waals surface area (Å²) in [5.74, 6) is 0.0229. The summed E-state index contributed by atoms with van der Waals surface area (Å²) in [6.07, 6.45) is 0.856. The summed E-state index contributed by atoms with van der Waals surface area (Å²) in [4.78, 5) is 0. The van der Waals surface area contributed by atoms with Gasteiger partial charge in [0, 0.05) is 6.04 Å². The van der Waals surface area contributed by atoms with Crippen LogP contribution in [-0.2, 0) is 0 Å². The maximum absolute atomic E-state index is 13.2. The van der Waals surface area contributed by atoms with Crippen LogP contribution in [0.25, 0.3) is 0 Å². The molecule has 0 bridgehead atoms. The first kappa shape index (κ1) is 12.0. The minimum Gasteiger partial charge on any atom is -0.488 e. The Morgan fingerprint density at radius 2 is 2.00 bits per heavy atom. The molecule has 2 unspecified atom stereocenters. The third-order valence-electron chi connectivity index (χ3n) is 2.34. The van der Waals surface area contributed by atoms with Gasteiger partial charge in [-0.1, -0.05) is 12.1 Å². The number of ether oxygens (including phenoxy) is 1. The molecule has 0 aromatic heterocycles. The summed E-state index contributed by atoms with van der Waals surface area (Å²) < 4.78 is 18.7. The molecule has 0 saturated carbocycles. The van der Waals surface area contributed by atoms with Gasteiger partial charge in [-0.15, -0.1) is 0 Å². The molecule has 2 atom stereocenters. The Morgan fingerprint density at radius 1 is 1.33 bits per heavy atom. The maximum Gasteiger partial charge on any atom is 0.165 e. The van der Waals surface area contributed by atoms with Crippen LogP contribution in [0.3, 0.4) is 0 Å². The van der Waals surface area contributed by atoms with Crippen molar-refractivity contribution in [1.82, 2.24) is 5.32 Å². The van der Waals surface area contributed by atoms with E-state index in [1.165, 1.54) is 6.07 Å². The first-order chi connectivity index (χ1) is 7.13.